The van der Waals surface area contributed by atoms with Gasteiger partial charge in [0.05, 0.1) is 17.9 Å². The lowest BCUT2D eigenvalue weighted by atomic mass is 9.85. The second kappa shape index (κ2) is 11.3. The van der Waals surface area contributed by atoms with E-state index in [1.165, 1.54) is 0 Å². The molecule has 0 aliphatic heterocycles. The summed E-state index contributed by atoms with van der Waals surface area (Å²) in [6.07, 6.45) is 0. The van der Waals surface area contributed by atoms with Gasteiger partial charge in [-0.1, -0.05) is 152 Å². The number of rotatable bonds is 5. The Morgan fingerprint density at radius 1 is 0.426 bits per heavy atom. The van der Waals surface area contributed by atoms with Gasteiger partial charge in [0.1, 0.15) is 5.82 Å². The predicted octanol–water partition coefficient (Wildman–Crippen LogP) is 12.0. The summed E-state index contributed by atoms with van der Waals surface area (Å²) in [7, 11) is 0. The van der Waals surface area contributed by atoms with Crippen molar-refractivity contribution in [3.8, 4) is 50.5 Å². The van der Waals surface area contributed by atoms with Crippen LogP contribution in [0.15, 0.2) is 182 Å². The third kappa shape index (κ3) is 4.62. The highest BCUT2D eigenvalue weighted by Crippen LogP contribution is 2.45. The highest BCUT2D eigenvalue weighted by Gasteiger charge is 2.19. The Balaban J connectivity index is 1.38. The van der Waals surface area contributed by atoms with Gasteiger partial charge < -0.3 is 0 Å². The maximum Gasteiger partial charge on any atom is 0.145 e. The third-order valence-electron chi connectivity index (χ3n) is 8.87. The summed E-state index contributed by atoms with van der Waals surface area (Å²) in [6.45, 7) is 0. The van der Waals surface area contributed by atoms with Crippen LogP contribution in [0.4, 0.5) is 0 Å². The van der Waals surface area contributed by atoms with E-state index in [-0.39, 0.29) is 29.7 Å². The molecule has 9 rings (SSSR count). The Bertz CT molecular complexity index is 2820. The molecule has 0 aliphatic carbocycles. The van der Waals surface area contributed by atoms with Gasteiger partial charge in [-0.15, -0.1) is 0 Å². The summed E-state index contributed by atoms with van der Waals surface area (Å²) < 4.78 is 45.7. The van der Waals surface area contributed by atoms with Gasteiger partial charge in [0.2, 0.25) is 0 Å². The first-order valence-electron chi connectivity index (χ1n) is 18.2. The molecule has 220 valence electrons. The van der Waals surface area contributed by atoms with Crippen LogP contribution in [0, 0.1) is 0 Å². The molecular formula is C45H30N2. The lowest BCUT2D eigenvalue weighted by molar-refractivity contribution is 1.10. The van der Waals surface area contributed by atoms with Crippen molar-refractivity contribution < 1.29 is 6.85 Å². The molecule has 0 bridgehead atoms. The number of aromatic nitrogens is 2. The standard InChI is InChI=1S/C45H30N2/c1-4-15-31(16-5-1)34-27-28-39-40(30-34)43(32-17-6-2-7-18-32)37-23-10-11-24-38(37)44(39)35-21-14-22-36(29-35)47-42-26-13-12-25-41(42)46-45(47)33-19-8-3-9-20-33/h1-30H/i2D,6D,7D,17D,18D. The molecule has 0 unspecified atom stereocenters. The number of benzene rings is 8. The normalized spacial score (nSPS) is 12.9. The molecule has 0 spiro atoms. The highest BCUT2D eigenvalue weighted by atomic mass is 15.1. The summed E-state index contributed by atoms with van der Waals surface area (Å²) in [5.74, 6) is 0.845. The van der Waals surface area contributed by atoms with Gasteiger partial charge in [-0.3, -0.25) is 4.57 Å². The monoisotopic (exact) mass is 603 g/mol. The van der Waals surface area contributed by atoms with E-state index in [2.05, 4.69) is 83.4 Å². The lowest BCUT2D eigenvalue weighted by Gasteiger charge is -2.19. The molecule has 1 aromatic heterocycles. The average molecular weight is 604 g/mol. The van der Waals surface area contributed by atoms with E-state index in [0.29, 0.717) is 5.56 Å². The van der Waals surface area contributed by atoms with Crippen LogP contribution in [0.5, 0.6) is 0 Å². The SMILES string of the molecule is [2H]c1c([2H])c([2H])c(-c2c3ccccc3c(-c3cccc(-n4c(-c5ccccc5)nc5ccccc54)c3)c3ccc(-c4ccccc4)cc23)c([2H])c1[2H]. The van der Waals surface area contributed by atoms with Crippen LogP contribution in [0.2, 0.25) is 0 Å². The minimum Gasteiger partial charge on any atom is -0.292 e. The van der Waals surface area contributed by atoms with Gasteiger partial charge in [-0.2, -0.15) is 0 Å². The van der Waals surface area contributed by atoms with Crippen molar-refractivity contribution in [2.45, 2.75) is 0 Å². The van der Waals surface area contributed by atoms with Crippen molar-refractivity contribution in [3.63, 3.8) is 0 Å². The maximum absolute atomic E-state index is 9.04. The topological polar surface area (TPSA) is 17.8 Å². The van der Waals surface area contributed by atoms with Crippen molar-refractivity contribution in [1.82, 2.24) is 9.55 Å². The molecule has 9 aromatic rings. The zero-order valence-electron chi connectivity index (χ0n) is 30.3. The van der Waals surface area contributed by atoms with E-state index in [1.807, 2.05) is 72.8 Å². The first-order valence-corrected chi connectivity index (χ1v) is 15.7. The molecule has 2 heteroatoms. The molecule has 0 atom stereocenters. The van der Waals surface area contributed by atoms with Crippen LogP contribution < -0.4 is 0 Å². The highest BCUT2D eigenvalue weighted by molar-refractivity contribution is 6.22. The van der Waals surface area contributed by atoms with E-state index >= 15 is 0 Å². The van der Waals surface area contributed by atoms with Gasteiger partial charge in [-0.05, 0) is 85.3 Å². The Kier molecular flexibility index (Phi) is 5.35. The molecule has 0 saturated carbocycles. The average Bonchev–Trinajstić information content (AvgIpc) is 3.59. The molecule has 0 radical (unpaired) electrons. The van der Waals surface area contributed by atoms with Crippen molar-refractivity contribution in [2.75, 3.05) is 0 Å². The molecule has 1 heterocycles. The summed E-state index contributed by atoms with van der Waals surface area (Å²) in [5.41, 5.74) is 8.64. The Morgan fingerprint density at radius 2 is 1.04 bits per heavy atom. The quantitative estimate of drug-likeness (QED) is 0.179. The summed E-state index contributed by atoms with van der Waals surface area (Å²) in [6, 6.07) is 49.6. The Hall–Kier alpha value is -6.25. The van der Waals surface area contributed by atoms with E-state index in [0.717, 1.165) is 71.9 Å². The van der Waals surface area contributed by atoms with Gasteiger partial charge in [0.15, 0.2) is 0 Å². The van der Waals surface area contributed by atoms with E-state index in [4.69, 9.17) is 11.8 Å². The molecule has 2 nitrogen and oxygen atoms in total. The fraction of sp³-hybridized carbons (Fsp3) is 0. The molecule has 0 saturated heterocycles. The van der Waals surface area contributed by atoms with Crippen LogP contribution in [0.3, 0.4) is 0 Å². The molecular weight excluding hydrogens is 569 g/mol. The second-order valence-electron chi connectivity index (χ2n) is 11.6. The number of fused-ring (bicyclic) bond motifs is 3. The fourth-order valence-corrected chi connectivity index (χ4v) is 6.81. The number of imidazole rings is 1. The first kappa shape index (κ1) is 22.3. The number of hydrogen-bond donors (Lipinski definition) is 0. The summed E-state index contributed by atoms with van der Waals surface area (Å²) in [5, 5.41) is 3.44. The van der Waals surface area contributed by atoms with Crippen LogP contribution in [0.1, 0.15) is 6.85 Å². The molecule has 0 amide bonds. The van der Waals surface area contributed by atoms with Crippen LogP contribution in [0.25, 0.3) is 83.0 Å². The molecule has 0 aliphatic rings. The van der Waals surface area contributed by atoms with E-state index in [9.17, 15) is 0 Å². The van der Waals surface area contributed by atoms with Crippen molar-refractivity contribution in [2.24, 2.45) is 0 Å². The Morgan fingerprint density at radius 3 is 1.81 bits per heavy atom. The minimum absolute atomic E-state index is 0.190. The predicted molar refractivity (Wildman–Crippen MR) is 198 cm³/mol. The second-order valence-corrected chi connectivity index (χ2v) is 11.6. The van der Waals surface area contributed by atoms with Gasteiger partial charge in [-0.25, -0.2) is 4.98 Å². The molecule has 8 aromatic carbocycles. The zero-order valence-corrected chi connectivity index (χ0v) is 25.3. The van der Waals surface area contributed by atoms with Crippen LogP contribution in [-0.4, -0.2) is 9.55 Å². The lowest BCUT2D eigenvalue weighted by Crippen LogP contribution is -1.98. The molecule has 0 N–H and O–H groups in total. The summed E-state index contributed by atoms with van der Waals surface area (Å²) in [4.78, 5) is 5.07. The summed E-state index contributed by atoms with van der Waals surface area (Å²) >= 11 is 0. The van der Waals surface area contributed by atoms with E-state index in [1.54, 1.807) is 0 Å². The van der Waals surface area contributed by atoms with Crippen LogP contribution in [-0.2, 0) is 0 Å². The smallest absolute Gasteiger partial charge is 0.145 e. The van der Waals surface area contributed by atoms with Crippen LogP contribution >= 0.6 is 0 Å². The molecule has 47 heavy (non-hydrogen) atoms. The first-order chi connectivity index (χ1) is 25.4. The maximum atomic E-state index is 9.04. The minimum atomic E-state index is -0.410. The molecule has 0 fully saturated rings. The third-order valence-corrected chi connectivity index (χ3v) is 8.87. The van der Waals surface area contributed by atoms with Gasteiger partial charge >= 0.3 is 0 Å². The fourth-order valence-electron chi connectivity index (χ4n) is 6.81. The van der Waals surface area contributed by atoms with Crippen molar-refractivity contribution in [1.29, 1.82) is 0 Å². The zero-order chi connectivity index (χ0) is 35.5. The van der Waals surface area contributed by atoms with Crippen molar-refractivity contribution in [3.05, 3.63) is 182 Å². The van der Waals surface area contributed by atoms with Crippen molar-refractivity contribution >= 4 is 32.6 Å². The van der Waals surface area contributed by atoms with E-state index < -0.39 is 6.04 Å². The van der Waals surface area contributed by atoms with Gasteiger partial charge in [0.25, 0.3) is 0 Å². The van der Waals surface area contributed by atoms with Gasteiger partial charge in [0, 0.05) is 11.3 Å². The number of nitrogens with zero attached hydrogens (tertiary/aromatic N) is 2. The number of hydrogen-bond acceptors (Lipinski definition) is 1. The Labute approximate surface area is 280 Å². The number of para-hydroxylation sites is 2. The largest absolute Gasteiger partial charge is 0.292 e.